The highest BCUT2D eigenvalue weighted by molar-refractivity contribution is 5.92. The number of hydrogen-bond donors (Lipinski definition) is 2. The highest BCUT2D eigenvalue weighted by atomic mass is 16.1. The van der Waals surface area contributed by atoms with Gasteiger partial charge in [0.05, 0.1) is 6.54 Å². The first kappa shape index (κ1) is 13.7. The maximum absolute atomic E-state index is 11.6. The zero-order valence-electron chi connectivity index (χ0n) is 10.7. The third-order valence-corrected chi connectivity index (χ3v) is 2.31. The molecule has 1 aromatic carbocycles. The van der Waals surface area contributed by atoms with Crippen LogP contribution in [0.2, 0.25) is 0 Å². The summed E-state index contributed by atoms with van der Waals surface area (Å²) in [6, 6.07) is 9.77. The zero-order chi connectivity index (χ0) is 12.7. The number of nitrogens with zero attached hydrogens (tertiary/aromatic N) is 1. The second-order valence-corrected chi connectivity index (χ2v) is 4.46. The van der Waals surface area contributed by atoms with Crippen molar-refractivity contribution in [3.63, 3.8) is 0 Å². The van der Waals surface area contributed by atoms with Crippen molar-refractivity contribution in [2.24, 2.45) is 0 Å². The van der Waals surface area contributed by atoms with Gasteiger partial charge >= 0.3 is 0 Å². The van der Waals surface area contributed by atoms with Crippen LogP contribution < -0.4 is 10.6 Å². The highest BCUT2D eigenvalue weighted by Gasteiger charge is 2.06. The van der Waals surface area contributed by atoms with Crippen LogP contribution in [0.1, 0.15) is 6.92 Å². The lowest BCUT2D eigenvalue weighted by Crippen LogP contribution is -2.40. The Kier molecular flexibility index (Phi) is 5.66. The van der Waals surface area contributed by atoms with Crippen molar-refractivity contribution in [1.29, 1.82) is 0 Å². The van der Waals surface area contributed by atoms with Gasteiger partial charge in [-0.2, -0.15) is 0 Å². The molecule has 1 atom stereocenters. The van der Waals surface area contributed by atoms with Crippen LogP contribution in [0.3, 0.4) is 0 Å². The number of para-hydroxylation sites is 1. The maximum Gasteiger partial charge on any atom is 0.238 e. The van der Waals surface area contributed by atoms with E-state index in [0.717, 1.165) is 12.2 Å². The van der Waals surface area contributed by atoms with Crippen LogP contribution in [0.15, 0.2) is 30.3 Å². The van der Waals surface area contributed by atoms with Gasteiger partial charge in [-0.3, -0.25) is 4.79 Å². The topological polar surface area (TPSA) is 44.4 Å². The molecule has 1 unspecified atom stereocenters. The molecule has 0 saturated heterocycles. The standard InChI is InChI=1S/C13H21N3O/c1-11(10-16(2)3)14-9-13(17)15-12-7-5-4-6-8-12/h4-8,11,14H,9-10H2,1-3H3,(H,15,17). The van der Waals surface area contributed by atoms with E-state index in [0.29, 0.717) is 12.6 Å². The summed E-state index contributed by atoms with van der Waals surface area (Å²) in [5, 5.41) is 6.02. The SMILES string of the molecule is CC(CN(C)C)NCC(=O)Nc1ccccc1. The molecule has 0 heterocycles. The predicted molar refractivity (Wildman–Crippen MR) is 71.1 cm³/mol. The Hall–Kier alpha value is -1.39. The number of likely N-dealkylation sites (N-methyl/N-ethyl adjacent to an activating group) is 1. The van der Waals surface area contributed by atoms with Crippen LogP contribution in [0.25, 0.3) is 0 Å². The summed E-state index contributed by atoms with van der Waals surface area (Å²) in [5.41, 5.74) is 0.833. The van der Waals surface area contributed by atoms with Gasteiger partial charge in [-0.05, 0) is 33.2 Å². The number of rotatable bonds is 6. The summed E-state index contributed by atoms with van der Waals surface area (Å²) in [5.74, 6) is -0.0122. The molecule has 17 heavy (non-hydrogen) atoms. The summed E-state index contributed by atoms with van der Waals surface area (Å²) in [6.45, 7) is 3.32. The van der Waals surface area contributed by atoms with Crippen LogP contribution in [-0.2, 0) is 4.79 Å². The Labute approximate surface area is 103 Å². The summed E-state index contributed by atoms with van der Waals surface area (Å²) in [6.07, 6.45) is 0. The van der Waals surface area contributed by atoms with Crippen LogP contribution in [0, 0.1) is 0 Å². The van der Waals surface area contributed by atoms with Gasteiger partial charge in [-0.1, -0.05) is 18.2 Å². The van der Waals surface area contributed by atoms with E-state index in [9.17, 15) is 4.79 Å². The van der Waals surface area contributed by atoms with Gasteiger partial charge in [-0.25, -0.2) is 0 Å². The molecule has 1 aromatic rings. The van der Waals surface area contributed by atoms with Crippen LogP contribution >= 0.6 is 0 Å². The Bertz CT molecular complexity index is 338. The summed E-state index contributed by atoms with van der Waals surface area (Å²) in [4.78, 5) is 13.7. The minimum Gasteiger partial charge on any atom is -0.325 e. The van der Waals surface area contributed by atoms with Crippen LogP contribution in [0.4, 0.5) is 5.69 Å². The van der Waals surface area contributed by atoms with E-state index in [1.807, 2.05) is 44.4 Å². The molecule has 94 valence electrons. The lowest BCUT2D eigenvalue weighted by molar-refractivity contribution is -0.115. The smallest absolute Gasteiger partial charge is 0.238 e. The van der Waals surface area contributed by atoms with Crippen molar-refractivity contribution < 1.29 is 4.79 Å². The quantitative estimate of drug-likeness (QED) is 0.778. The number of carbonyl (C=O) groups excluding carboxylic acids is 1. The van der Waals surface area contributed by atoms with Gasteiger partial charge < -0.3 is 15.5 Å². The molecule has 0 bridgehead atoms. The predicted octanol–water partition coefficient (Wildman–Crippen LogP) is 1.16. The molecule has 0 aliphatic heterocycles. The lowest BCUT2D eigenvalue weighted by atomic mass is 10.3. The van der Waals surface area contributed by atoms with E-state index in [-0.39, 0.29) is 5.91 Å². The third-order valence-electron chi connectivity index (χ3n) is 2.31. The van der Waals surface area contributed by atoms with E-state index >= 15 is 0 Å². The fourth-order valence-corrected chi connectivity index (χ4v) is 1.61. The van der Waals surface area contributed by atoms with E-state index in [1.54, 1.807) is 0 Å². The fourth-order valence-electron chi connectivity index (χ4n) is 1.61. The van der Waals surface area contributed by atoms with Crippen molar-refractivity contribution in [3.05, 3.63) is 30.3 Å². The first-order chi connectivity index (χ1) is 8.08. The van der Waals surface area contributed by atoms with Crippen molar-refractivity contribution in [1.82, 2.24) is 10.2 Å². The van der Waals surface area contributed by atoms with Gasteiger partial charge in [0.15, 0.2) is 0 Å². The maximum atomic E-state index is 11.6. The first-order valence-corrected chi connectivity index (χ1v) is 5.81. The molecule has 0 saturated carbocycles. The molecule has 1 amide bonds. The third kappa shape index (κ3) is 6.04. The number of hydrogen-bond acceptors (Lipinski definition) is 3. The molecular formula is C13H21N3O. The van der Waals surface area contributed by atoms with E-state index in [4.69, 9.17) is 0 Å². The van der Waals surface area contributed by atoms with Gasteiger partial charge in [0, 0.05) is 18.3 Å². The Morgan fingerprint density at radius 1 is 1.29 bits per heavy atom. The molecule has 0 radical (unpaired) electrons. The molecule has 0 aliphatic carbocycles. The average Bonchev–Trinajstić information content (AvgIpc) is 2.27. The lowest BCUT2D eigenvalue weighted by Gasteiger charge is -2.18. The summed E-state index contributed by atoms with van der Waals surface area (Å²) < 4.78 is 0. The van der Waals surface area contributed by atoms with Gasteiger partial charge in [0.1, 0.15) is 0 Å². The average molecular weight is 235 g/mol. The van der Waals surface area contributed by atoms with Crippen molar-refractivity contribution >= 4 is 11.6 Å². The minimum atomic E-state index is -0.0122. The number of nitrogens with one attached hydrogen (secondary N) is 2. The summed E-state index contributed by atoms with van der Waals surface area (Å²) in [7, 11) is 4.03. The minimum absolute atomic E-state index is 0.0122. The number of amides is 1. The van der Waals surface area contributed by atoms with Gasteiger partial charge in [0.2, 0.25) is 5.91 Å². The van der Waals surface area contributed by atoms with E-state index in [2.05, 4.69) is 22.5 Å². The molecule has 0 fully saturated rings. The molecule has 0 aromatic heterocycles. The Morgan fingerprint density at radius 3 is 2.53 bits per heavy atom. The Morgan fingerprint density at radius 2 is 1.94 bits per heavy atom. The number of anilines is 1. The number of benzene rings is 1. The molecule has 2 N–H and O–H groups in total. The molecular weight excluding hydrogens is 214 g/mol. The van der Waals surface area contributed by atoms with Crippen molar-refractivity contribution in [3.8, 4) is 0 Å². The van der Waals surface area contributed by atoms with E-state index in [1.165, 1.54) is 0 Å². The van der Waals surface area contributed by atoms with Gasteiger partial charge in [0.25, 0.3) is 0 Å². The molecule has 4 nitrogen and oxygen atoms in total. The summed E-state index contributed by atoms with van der Waals surface area (Å²) >= 11 is 0. The number of carbonyl (C=O) groups is 1. The second-order valence-electron chi connectivity index (χ2n) is 4.46. The molecule has 4 heteroatoms. The van der Waals surface area contributed by atoms with Crippen molar-refractivity contribution in [2.45, 2.75) is 13.0 Å². The van der Waals surface area contributed by atoms with E-state index < -0.39 is 0 Å². The highest BCUT2D eigenvalue weighted by Crippen LogP contribution is 2.03. The second kappa shape index (κ2) is 7.04. The van der Waals surface area contributed by atoms with Crippen molar-refractivity contribution in [2.75, 3.05) is 32.5 Å². The Balaban J connectivity index is 2.26. The van der Waals surface area contributed by atoms with Gasteiger partial charge in [-0.15, -0.1) is 0 Å². The largest absolute Gasteiger partial charge is 0.325 e. The normalized spacial score (nSPS) is 12.5. The monoisotopic (exact) mass is 235 g/mol. The van der Waals surface area contributed by atoms with Crippen LogP contribution in [0.5, 0.6) is 0 Å². The fraction of sp³-hybridized carbons (Fsp3) is 0.462. The molecule has 1 rings (SSSR count). The first-order valence-electron chi connectivity index (χ1n) is 5.81. The van der Waals surface area contributed by atoms with Crippen LogP contribution in [-0.4, -0.2) is 44.0 Å². The zero-order valence-corrected chi connectivity index (χ0v) is 10.7. The molecule has 0 spiro atoms. The molecule has 0 aliphatic rings.